The predicted octanol–water partition coefficient (Wildman–Crippen LogP) is 2.45. The number of likely N-dealkylation sites (tertiary alicyclic amines) is 1. The summed E-state index contributed by atoms with van der Waals surface area (Å²) in [4.78, 5) is 20.6. The van der Waals surface area contributed by atoms with Gasteiger partial charge in [0.2, 0.25) is 5.91 Å². The fourth-order valence-corrected chi connectivity index (χ4v) is 4.16. The number of carbonyl (C=O) groups excluding carboxylic acids is 1. The molecule has 1 amide bonds. The zero-order valence-corrected chi connectivity index (χ0v) is 21.4. The Morgan fingerprint density at radius 3 is 2.35 bits per heavy atom. The van der Waals surface area contributed by atoms with E-state index in [1.54, 1.807) is 0 Å². The van der Waals surface area contributed by atoms with Gasteiger partial charge < -0.3 is 20.3 Å². The monoisotopic (exact) mass is 543 g/mol. The van der Waals surface area contributed by atoms with Gasteiger partial charge in [0.15, 0.2) is 5.96 Å². The molecule has 2 fully saturated rings. The minimum atomic E-state index is 0. The van der Waals surface area contributed by atoms with Crippen LogP contribution < -0.4 is 10.6 Å². The maximum atomic E-state index is 11.8. The lowest BCUT2D eigenvalue weighted by molar-refractivity contribution is -0.128. The van der Waals surface area contributed by atoms with Crippen molar-refractivity contribution in [3.05, 3.63) is 35.4 Å². The highest BCUT2D eigenvalue weighted by atomic mass is 127. The molecular formula is C23H38IN5O2. The first-order valence-corrected chi connectivity index (χ1v) is 11.2. The van der Waals surface area contributed by atoms with Crippen molar-refractivity contribution < 1.29 is 9.53 Å². The summed E-state index contributed by atoms with van der Waals surface area (Å²) >= 11 is 0. The van der Waals surface area contributed by atoms with Gasteiger partial charge in [0.1, 0.15) is 0 Å². The Labute approximate surface area is 204 Å². The maximum absolute atomic E-state index is 11.8. The van der Waals surface area contributed by atoms with Gasteiger partial charge in [-0.3, -0.25) is 14.7 Å². The molecule has 1 aromatic carbocycles. The van der Waals surface area contributed by atoms with E-state index in [1.165, 1.54) is 11.1 Å². The molecule has 1 aromatic rings. The van der Waals surface area contributed by atoms with Crippen molar-refractivity contribution in [3.8, 4) is 0 Å². The van der Waals surface area contributed by atoms with Crippen molar-refractivity contribution in [1.82, 2.24) is 20.4 Å². The number of rotatable bonds is 8. The van der Waals surface area contributed by atoms with Gasteiger partial charge in [0.25, 0.3) is 0 Å². The quantitative estimate of drug-likeness (QED) is 0.300. The lowest BCUT2D eigenvalue weighted by Crippen LogP contribution is -2.52. The Bertz CT molecular complexity index is 704. The van der Waals surface area contributed by atoms with E-state index in [1.807, 2.05) is 11.9 Å². The van der Waals surface area contributed by atoms with Gasteiger partial charge in [-0.05, 0) is 23.5 Å². The Kier molecular flexibility index (Phi) is 11.0. The normalized spacial score (nSPS) is 18.8. The van der Waals surface area contributed by atoms with Crippen LogP contribution in [-0.2, 0) is 22.6 Å². The number of amides is 1. The standard InChI is InChI=1S/C23H37N5O2.HI/c1-18(2)21(27-11-13-30-14-12-27)16-26-23(24-3)25-15-19-6-8-20(9-7-19)17-28-10-4-5-22(28)29;/h6-9,18,21H,4-5,10-17H2,1-3H3,(H2,24,25,26);1H. The Morgan fingerprint density at radius 1 is 1.10 bits per heavy atom. The van der Waals surface area contributed by atoms with E-state index in [-0.39, 0.29) is 29.9 Å². The number of morpholine rings is 1. The number of nitrogens with zero attached hydrogens (tertiary/aromatic N) is 3. The van der Waals surface area contributed by atoms with Gasteiger partial charge in [0.05, 0.1) is 13.2 Å². The molecule has 2 N–H and O–H groups in total. The van der Waals surface area contributed by atoms with E-state index in [0.29, 0.717) is 31.5 Å². The minimum absolute atomic E-state index is 0. The summed E-state index contributed by atoms with van der Waals surface area (Å²) < 4.78 is 5.50. The second-order valence-electron chi connectivity index (χ2n) is 8.50. The largest absolute Gasteiger partial charge is 0.379 e. The number of benzene rings is 1. The van der Waals surface area contributed by atoms with Crippen LogP contribution >= 0.6 is 24.0 Å². The summed E-state index contributed by atoms with van der Waals surface area (Å²) in [5.74, 6) is 1.65. The third-order valence-electron chi connectivity index (χ3n) is 6.01. The molecule has 3 rings (SSSR count). The summed E-state index contributed by atoms with van der Waals surface area (Å²) in [7, 11) is 1.81. The predicted molar refractivity (Wildman–Crippen MR) is 136 cm³/mol. The molecule has 0 aliphatic carbocycles. The Balaban J connectivity index is 0.00000341. The van der Waals surface area contributed by atoms with Crippen molar-refractivity contribution in [2.75, 3.05) is 46.4 Å². The van der Waals surface area contributed by atoms with E-state index in [0.717, 1.165) is 51.8 Å². The molecular weight excluding hydrogens is 505 g/mol. The molecule has 31 heavy (non-hydrogen) atoms. The van der Waals surface area contributed by atoms with E-state index < -0.39 is 0 Å². The number of aliphatic imine (C=N–C) groups is 1. The van der Waals surface area contributed by atoms with Crippen LogP contribution in [-0.4, -0.2) is 74.1 Å². The van der Waals surface area contributed by atoms with Crippen molar-refractivity contribution in [2.45, 2.75) is 45.8 Å². The fourth-order valence-electron chi connectivity index (χ4n) is 4.16. The molecule has 0 spiro atoms. The summed E-state index contributed by atoms with van der Waals surface area (Å²) in [6, 6.07) is 8.94. The van der Waals surface area contributed by atoms with Crippen LogP contribution in [0.3, 0.4) is 0 Å². The molecule has 0 saturated carbocycles. The molecule has 174 valence electrons. The van der Waals surface area contributed by atoms with Crippen LogP contribution in [0.4, 0.5) is 0 Å². The summed E-state index contributed by atoms with van der Waals surface area (Å²) in [6.07, 6.45) is 1.67. The summed E-state index contributed by atoms with van der Waals surface area (Å²) in [5, 5.41) is 6.91. The van der Waals surface area contributed by atoms with Crippen molar-refractivity contribution in [2.24, 2.45) is 10.9 Å². The number of halogens is 1. The van der Waals surface area contributed by atoms with E-state index in [2.05, 4.69) is 58.6 Å². The highest BCUT2D eigenvalue weighted by molar-refractivity contribution is 14.0. The van der Waals surface area contributed by atoms with Gasteiger partial charge in [-0.1, -0.05) is 38.1 Å². The third kappa shape index (κ3) is 7.91. The third-order valence-corrected chi connectivity index (χ3v) is 6.01. The van der Waals surface area contributed by atoms with Crippen molar-refractivity contribution in [3.63, 3.8) is 0 Å². The SMILES string of the molecule is CN=C(NCc1ccc(CN2CCCC2=O)cc1)NCC(C(C)C)N1CCOCC1.I. The van der Waals surface area contributed by atoms with Crippen LogP contribution in [0.2, 0.25) is 0 Å². The summed E-state index contributed by atoms with van der Waals surface area (Å²) in [6.45, 7) is 11.3. The van der Waals surface area contributed by atoms with Gasteiger partial charge in [-0.15, -0.1) is 24.0 Å². The smallest absolute Gasteiger partial charge is 0.222 e. The molecule has 2 aliphatic rings. The van der Waals surface area contributed by atoms with Crippen LogP contribution in [0.5, 0.6) is 0 Å². The molecule has 2 heterocycles. The Hall–Kier alpha value is -1.39. The first-order valence-electron chi connectivity index (χ1n) is 11.2. The number of guanidine groups is 1. The molecule has 1 unspecified atom stereocenters. The number of ether oxygens (including phenoxy) is 1. The number of carbonyl (C=O) groups is 1. The molecule has 0 aromatic heterocycles. The topological polar surface area (TPSA) is 69.2 Å². The van der Waals surface area contributed by atoms with Gasteiger partial charge in [-0.25, -0.2) is 0 Å². The van der Waals surface area contributed by atoms with Crippen molar-refractivity contribution >= 4 is 35.8 Å². The van der Waals surface area contributed by atoms with Crippen LogP contribution in [0.25, 0.3) is 0 Å². The lowest BCUT2D eigenvalue weighted by atomic mass is 10.0. The van der Waals surface area contributed by atoms with Gasteiger partial charge >= 0.3 is 0 Å². The van der Waals surface area contributed by atoms with Crippen molar-refractivity contribution in [1.29, 1.82) is 0 Å². The first kappa shape index (κ1) is 25.9. The highest BCUT2D eigenvalue weighted by Crippen LogP contribution is 2.15. The van der Waals surface area contributed by atoms with Crippen LogP contribution in [0.15, 0.2) is 29.3 Å². The zero-order valence-electron chi connectivity index (χ0n) is 19.1. The molecule has 2 saturated heterocycles. The first-order chi connectivity index (χ1) is 14.6. The molecule has 1 atom stereocenters. The number of hydrogen-bond donors (Lipinski definition) is 2. The fraction of sp³-hybridized carbons (Fsp3) is 0.652. The van der Waals surface area contributed by atoms with E-state index in [9.17, 15) is 4.79 Å². The van der Waals surface area contributed by atoms with Crippen LogP contribution in [0, 0.1) is 5.92 Å². The van der Waals surface area contributed by atoms with Crippen LogP contribution in [0.1, 0.15) is 37.8 Å². The second kappa shape index (κ2) is 13.2. The van der Waals surface area contributed by atoms with Gasteiger partial charge in [-0.2, -0.15) is 0 Å². The summed E-state index contributed by atoms with van der Waals surface area (Å²) in [5.41, 5.74) is 2.38. The second-order valence-corrected chi connectivity index (χ2v) is 8.50. The molecule has 2 aliphatic heterocycles. The lowest BCUT2D eigenvalue weighted by Gasteiger charge is -2.37. The Morgan fingerprint density at radius 2 is 1.77 bits per heavy atom. The van der Waals surface area contributed by atoms with E-state index >= 15 is 0 Å². The average Bonchev–Trinajstić information content (AvgIpc) is 3.16. The zero-order chi connectivity index (χ0) is 21.3. The maximum Gasteiger partial charge on any atom is 0.222 e. The number of hydrogen-bond acceptors (Lipinski definition) is 4. The average molecular weight is 543 g/mol. The number of nitrogens with one attached hydrogen (secondary N) is 2. The van der Waals surface area contributed by atoms with E-state index in [4.69, 9.17) is 4.74 Å². The molecule has 0 bridgehead atoms. The molecule has 0 radical (unpaired) electrons. The molecule has 7 nitrogen and oxygen atoms in total. The minimum Gasteiger partial charge on any atom is -0.379 e. The van der Waals surface area contributed by atoms with Gasteiger partial charge in [0, 0.05) is 58.8 Å². The highest BCUT2D eigenvalue weighted by Gasteiger charge is 2.24. The molecule has 8 heteroatoms.